The standard InChI is InChI=1S/C14H22O/c1-8(2)13-7-14(12(6)15)11(5)9(3)10(13)4/h11,13-14H,1,7H2,2-6H3. The fraction of sp³-hybridized carbons (Fsp3) is 0.643. The molecule has 0 N–H and O–H groups in total. The van der Waals surface area contributed by atoms with Crippen LogP contribution in [0.4, 0.5) is 0 Å². The predicted molar refractivity (Wildman–Crippen MR) is 64.6 cm³/mol. The molecule has 0 saturated heterocycles. The molecule has 3 unspecified atom stereocenters. The largest absolute Gasteiger partial charge is 0.300 e. The van der Waals surface area contributed by atoms with Gasteiger partial charge >= 0.3 is 0 Å². The lowest BCUT2D eigenvalue weighted by Crippen LogP contribution is -2.29. The zero-order valence-electron chi connectivity index (χ0n) is 10.6. The molecular formula is C14H22O. The monoisotopic (exact) mass is 206 g/mol. The van der Waals surface area contributed by atoms with E-state index in [-0.39, 0.29) is 5.92 Å². The first-order chi connectivity index (χ1) is 6.86. The molecule has 0 heterocycles. The molecule has 1 aliphatic rings. The van der Waals surface area contributed by atoms with E-state index < -0.39 is 0 Å². The number of rotatable bonds is 2. The van der Waals surface area contributed by atoms with Crippen molar-refractivity contribution in [1.29, 1.82) is 0 Å². The Morgan fingerprint density at radius 2 is 1.80 bits per heavy atom. The van der Waals surface area contributed by atoms with Crippen molar-refractivity contribution in [3.8, 4) is 0 Å². The van der Waals surface area contributed by atoms with Crippen LogP contribution in [-0.2, 0) is 4.79 Å². The Kier molecular flexibility index (Phi) is 3.54. The molecule has 0 aromatic carbocycles. The molecule has 0 saturated carbocycles. The fourth-order valence-corrected chi connectivity index (χ4v) is 2.66. The van der Waals surface area contributed by atoms with Crippen LogP contribution in [0.25, 0.3) is 0 Å². The third-order valence-corrected chi connectivity index (χ3v) is 4.04. The van der Waals surface area contributed by atoms with Crippen LogP contribution < -0.4 is 0 Å². The summed E-state index contributed by atoms with van der Waals surface area (Å²) >= 11 is 0. The van der Waals surface area contributed by atoms with Crippen molar-refractivity contribution < 1.29 is 4.79 Å². The Hall–Kier alpha value is -0.850. The maximum Gasteiger partial charge on any atom is 0.133 e. The molecule has 0 aromatic heterocycles. The summed E-state index contributed by atoms with van der Waals surface area (Å²) in [6, 6.07) is 0. The third-order valence-electron chi connectivity index (χ3n) is 4.04. The van der Waals surface area contributed by atoms with E-state index in [4.69, 9.17) is 0 Å². The molecule has 1 rings (SSSR count). The minimum atomic E-state index is 0.190. The quantitative estimate of drug-likeness (QED) is 0.629. The lowest BCUT2D eigenvalue weighted by Gasteiger charge is -2.35. The summed E-state index contributed by atoms with van der Waals surface area (Å²) in [5.41, 5.74) is 3.99. The number of hydrogen-bond acceptors (Lipinski definition) is 1. The zero-order chi connectivity index (χ0) is 11.7. The Morgan fingerprint density at radius 3 is 2.20 bits per heavy atom. The number of allylic oxidation sites excluding steroid dienone is 3. The highest BCUT2D eigenvalue weighted by Gasteiger charge is 2.33. The van der Waals surface area contributed by atoms with Gasteiger partial charge in [-0.1, -0.05) is 30.2 Å². The van der Waals surface area contributed by atoms with E-state index in [1.807, 2.05) is 0 Å². The summed E-state index contributed by atoms with van der Waals surface area (Å²) in [7, 11) is 0. The van der Waals surface area contributed by atoms with Gasteiger partial charge in [-0.2, -0.15) is 0 Å². The first-order valence-corrected chi connectivity index (χ1v) is 5.69. The molecule has 3 atom stereocenters. The highest BCUT2D eigenvalue weighted by molar-refractivity contribution is 5.79. The number of carbonyl (C=O) groups is 1. The minimum Gasteiger partial charge on any atom is -0.300 e. The topological polar surface area (TPSA) is 17.1 Å². The van der Waals surface area contributed by atoms with Gasteiger partial charge in [0.25, 0.3) is 0 Å². The van der Waals surface area contributed by atoms with Gasteiger partial charge in [-0.05, 0) is 40.0 Å². The number of hydrogen-bond donors (Lipinski definition) is 0. The summed E-state index contributed by atoms with van der Waals surface area (Å²) in [6.45, 7) is 14.3. The molecule has 1 aliphatic carbocycles. The average Bonchev–Trinajstić information content (AvgIpc) is 2.13. The summed E-state index contributed by atoms with van der Waals surface area (Å²) in [5.74, 6) is 1.32. The van der Waals surface area contributed by atoms with Gasteiger partial charge in [-0.25, -0.2) is 0 Å². The Morgan fingerprint density at radius 1 is 1.27 bits per heavy atom. The van der Waals surface area contributed by atoms with Crippen molar-refractivity contribution in [3.63, 3.8) is 0 Å². The highest BCUT2D eigenvalue weighted by Crippen LogP contribution is 2.40. The normalized spacial score (nSPS) is 31.7. The van der Waals surface area contributed by atoms with E-state index in [0.717, 1.165) is 6.42 Å². The van der Waals surface area contributed by atoms with E-state index in [9.17, 15) is 4.79 Å². The first-order valence-electron chi connectivity index (χ1n) is 5.69. The Balaban J connectivity index is 3.08. The SMILES string of the molecule is C=C(C)C1CC(C(C)=O)C(C)C(C)=C1C. The molecule has 0 bridgehead atoms. The van der Waals surface area contributed by atoms with E-state index in [1.54, 1.807) is 6.92 Å². The molecule has 84 valence electrons. The molecule has 0 radical (unpaired) electrons. The van der Waals surface area contributed by atoms with Gasteiger partial charge in [-0.15, -0.1) is 0 Å². The van der Waals surface area contributed by atoms with Gasteiger partial charge < -0.3 is 0 Å². The molecule has 1 heteroatoms. The summed E-state index contributed by atoms with van der Waals surface area (Å²) in [5, 5.41) is 0. The van der Waals surface area contributed by atoms with E-state index in [2.05, 4.69) is 34.3 Å². The summed E-state index contributed by atoms with van der Waals surface area (Å²) in [4.78, 5) is 11.6. The van der Waals surface area contributed by atoms with Crippen LogP contribution in [0.3, 0.4) is 0 Å². The fourth-order valence-electron chi connectivity index (χ4n) is 2.66. The first kappa shape index (κ1) is 12.2. The molecule has 1 nitrogen and oxygen atoms in total. The van der Waals surface area contributed by atoms with Crippen LogP contribution >= 0.6 is 0 Å². The predicted octanol–water partition coefficient (Wildman–Crippen LogP) is 3.76. The van der Waals surface area contributed by atoms with Crippen LogP contribution in [-0.4, -0.2) is 5.78 Å². The summed E-state index contributed by atoms with van der Waals surface area (Å²) < 4.78 is 0. The van der Waals surface area contributed by atoms with Crippen LogP contribution in [0.5, 0.6) is 0 Å². The lowest BCUT2D eigenvalue weighted by molar-refractivity contribution is -0.122. The average molecular weight is 206 g/mol. The van der Waals surface area contributed by atoms with Crippen molar-refractivity contribution in [1.82, 2.24) is 0 Å². The van der Waals surface area contributed by atoms with Crippen molar-refractivity contribution in [2.75, 3.05) is 0 Å². The third kappa shape index (κ3) is 2.22. The Bertz CT molecular complexity index is 322. The molecule has 0 aromatic rings. The molecule has 0 aliphatic heterocycles. The lowest BCUT2D eigenvalue weighted by atomic mass is 9.69. The van der Waals surface area contributed by atoms with Gasteiger partial charge in [0.2, 0.25) is 0 Å². The van der Waals surface area contributed by atoms with Crippen LogP contribution in [0, 0.1) is 17.8 Å². The molecule has 0 amide bonds. The Labute approximate surface area is 93.3 Å². The number of carbonyl (C=O) groups excluding carboxylic acids is 1. The van der Waals surface area contributed by atoms with Crippen molar-refractivity contribution in [2.24, 2.45) is 17.8 Å². The molecule has 0 spiro atoms. The van der Waals surface area contributed by atoms with Gasteiger partial charge in [-0.3, -0.25) is 4.79 Å². The van der Waals surface area contributed by atoms with Gasteiger partial charge in [0, 0.05) is 11.8 Å². The van der Waals surface area contributed by atoms with Crippen LogP contribution in [0.2, 0.25) is 0 Å². The van der Waals surface area contributed by atoms with Gasteiger partial charge in [0.05, 0.1) is 0 Å². The van der Waals surface area contributed by atoms with Crippen LogP contribution in [0.1, 0.15) is 41.0 Å². The van der Waals surface area contributed by atoms with Crippen molar-refractivity contribution in [3.05, 3.63) is 23.3 Å². The second-order valence-electron chi connectivity index (χ2n) is 5.01. The summed E-state index contributed by atoms with van der Waals surface area (Å²) in [6.07, 6.45) is 0.953. The maximum atomic E-state index is 11.6. The van der Waals surface area contributed by atoms with Crippen molar-refractivity contribution >= 4 is 5.78 Å². The molecule has 0 fully saturated rings. The van der Waals surface area contributed by atoms with E-state index >= 15 is 0 Å². The van der Waals surface area contributed by atoms with E-state index in [1.165, 1.54) is 16.7 Å². The van der Waals surface area contributed by atoms with Gasteiger partial charge in [0.1, 0.15) is 5.78 Å². The minimum absolute atomic E-state index is 0.190. The van der Waals surface area contributed by atoms with Crippen LogP contribution in [0.15, 0.2) is 23.3 Å². The molecular weight excluding hydrogens is 184 g/mol. The van der Waals surface area contributed by atoms with Gasteiger partial charge in [0.15, 0.2) is 0 Å². The maximum absolute atomic E-state index is 11.6. The zero-order valence-corrected chi connectivity index (χ0v) is 10.6. The van der Waals surface area contributed by atoms with E-state index in [0.29, 0.717) is 17.6 Å². The highest BCUT2D eigenvalue weighted by atomic mass is 16.1. The number of ketones is 1. The number of Topliss-reactive ketones (excluding diaryl/α,β-unsaturated/α-hetero) is 1. The second-order valence-corrected chi connectivity index (χ2v) is 5.01. The smallest absolute Gasteiger partial charge is 0.133 e. The second kappa shape index (κ2) is 4.34. The van der Waals surface area contributed by atoms with Crippen molar-refractivity contribution in [2.45, 2.75) is 41.0 Å². The molecule has 15 heavy (non-hydrogen) atoms.